The number of benzene rings is 2. The van der Waals surface area contributed by atoms with Gasteiger partial charge in [-0.1, -0.05) is 24.3 Å². The van der Waals surface area contributed by atoms with Gasteiger partial charge in [-0.25, -0.2) is 0 Å². The van der Waals surface area contributed by atoms with Crippen LogP contribution in [-0.4, -0.2) is 38.0 Å². The highest BCUT2D eigenvalue weighted by Crippen LogP contribution is 2.31. The molecule has 1 saturated heterocycles. The highest BCUT2D eigenvalue weighted by molar-refractivity contribution is 6.08. The summed E-state index contributed by atoms with van der Waals surface area (Å²) in [5.74, 6) is 0.489. The summed E-state index contributed by atoms with van der Waals surface area (Å²) >= 11 is 0. The summed E-state index contributed by atoms with van der Waals surface area (Å²) in [6, 6.07) is 15.7. The Labute approximate surface area is 159 Å². The molecule has 1 aliphatic rings. The third-order valence-corrected chi connectivity index (χ3v) is 5.92. The molecule has 2 aromatic carbocycles. The predicted molar refractivity (Wildman–Crippen MR) is 109 cm³/mol. The van der Waals surface area contributed by atoms with Crippen molar-refractivity contribution in [3.05, 3.63) is 59.9 Å². The third-order valence-electron chi connectivity index (χ3n) is 5.92. The van der Waals surface area contributed by atoms with Crippen molar-refractivity contribution in [3.63, 3.8) is 0 Å². The van der Waals surface area contributed by atoms with Gasteiger partial charge in [-0.15, -0.1) is 0 Å². The van der Waals surface area contributed by atoms with E-state index in [1.807, 2.05) is 6.20 Å². The average molecular weight is 359 g/mol. The fraction of sp³-hybridized carbons (Fsp3) is 0.364. The molecule has 0 amide bonds. The largest absolute Gasteiger partial charge is 0.341 e. The SMILES string of the molecule is CCn1c2ccccc2c2cc(CN3CCCC(c4cn[nH]n4)C3)ccc21. The van der Waals surface area contributed by atoms with Crippen molar-refractivity contribution in [2.45, 2.75) is 38.8 Å². The summed E-state index contributed by atoms with van der Waals surface area (Å²) in [5, 5.41) is 13.8. The molecule has 1 atom stereocenters. The Morgan fingerprint density at radius 1 is 1.11 bits per heavy atom. The van der Waals surface area contributed by atoms with Crippen LogP contribution in [0.4, 0.5) is 0 Å². The number of para-hydroxylation sites is 1. The van der Waals surface area contributed by atoms with Gasteiger partial charge in [-0.05, 0) is 50.1 Å². The third kappa shape index (κ3) is 2.92. The molecule has 2 aromatic heterocycles. The minimum absolute atomic E-state index is 0.489. The van der Waals surface area contributed by atoms with Crippen molar-refractivity contribution in [3.8, 4) is 0 Å². The zero-order chi connectivity index (χ0) is 18.2. The minimum atomic E-state index is 0.489. The smallest absolute Gasteiger partial charge is 0.0868 e. The van der Waals surface area contributed by atoms with Crippen LogP contribution in [0.2, 0.25) is 0 Å². The predicted octanol–water partition coefficient (Wildman–Crippen LogP) is 4.31. The summed E-state index contributed by atoms with van der Waals surface area (Å²) in [6.45, 7) is 6.42. The van der Waals surface area contributed by atoms with Gasteiger partial charge < -0.3 is 4.57 Å². The van der Waals surface area contributed by atoms with Crippen molar-refractivity contribution in [2.24, 2.45) is 0 Å². The molecule has 1 unspecified atom stereocenters. The van der Waals surface area contributed by atoms with Gasteiger partial charge in [0.15, 0.2) is 0 Å². The van der Waals surface area contributed by atoms with Gasteiger partial charge in [-0.3, -0.25) is 4.90 Å². The Morgan fingerprint density at radius 2 is 2.00 bits per heavy atom. The van der Waals surface area contributed by atoms with Crippen molar-refractivity contribution < 1.29 is 0 Å². The summed E-state index contributed by atoms with van der Waals surface area (Å²) in [6.07, 6.45) is 4.29. The van der Waals surface area contributed by atoms with E-state index in [4.69, 9.17) is 0 Å². The summed E-state index contributed by atoms with van der Waals surface area (Å²) in [4.78, 5) is 2.56. The topological polar surface area (TPSA) is 49.7 Å². The molecule has 1 aliphatic heterocycles. The van der Waals surface area contributed by atoms with E-state index < -0.39 is 0 Å². The van der Waals surface area contributed by atoms with Gasteiger partial charge in [0.05, 0.1) is 11.9 Å². The second-order valence-electron chi connectivity index (χ2n) is 7.58. The molecule has 5 heteroatoms. The van der Waals surface area contributed by atoms with E-state index in [0.717, 1.165) is 31.9 Å². The number of hydrogen-bond acceptors (Lipinski definition) is 3. The van der Waals surface area contributed by atoms with Crippen LogP contribution < -0.4 is 0 Å². The van der Waals surface area contributed by atoms with Crippen LogP contribution in [0.1, 0.15) is 36.9 Å². The number of hydrogen-bond donors (Lipinski definition) is 1. The molecule has 1 fully saturated rings. The van der Waals surface area contributed by atoms with Crippen molar-refractivity contribution >= 4 is 21.8 Å². The first-order valence-corrected chi connectivity index (χ1v) is 9.91. The van der Waals surface area contributed by atoms with E-state index in [1.165, 1.54) is 40.2 Å². The molecule has 0 aliphatic carbocycles. The van der Waals surface area contributed by atoms with Crippen molar-refractivity contribution in [1.82, 2.24) is 24.9 Å². The number of fused-ring (bicyclic) bond motifs is 3. The highest BCUT2D eigenvalue weighted by atomic mass is 15.3. The molecule has 5 rings (SSSR count). The van der Waals surface area contributed by atoms with E-state index in [2.05, 4.69) is 74.3 Å². The van der Waals surface area contributed by atoms with Crippen molar-refractivity contribution in [1.29, 1.82) is 0 Å². The fourth-order valence-electron chi connectivity index (χ4n) is 4.65. The Hall–Kier alpha value is -2.66. The lowest BCUT2D eigenvalue weighted by atomic mass is 9.95. The normalized spacial score (nSPS) is 18.5. The highest BCUT2D eigenvalue weighted by Gasteiger charge is 2.23. The van der Waals surface area contributed by atoms with E-state index in [0.29, 0.717) is 5.92 Å². The van der Waals surface area contributed by atoms with Gasteiger partial charge in [0.1, 0.15) is 0 Å². The van der Waals surface area contributed by atoms with Crippen LogP contribution in [0.3, 0.4) is 0 Å². The Bertz CT molecular complexity index is 1060. The molecule has 27 heavy (non-hydrogen) atoms. The number of aromatic nitrogens is 4. The van der Waals surface area contributed by atoms with Crippen LogP contribution >= 0.6 is 0 Å². The second kappa shape index (κ2) is 6.82. The lowest BCUT2D eigenvalue weighted by Crippen LogP contribution is -2.34. The van der Waals surface area contributed by atoms with Gasteiger partial charge >= 0.3 is 0 Å². The zero-order valence-electron chi connectivity index (χ0n) is 15.7. The summed E-state index contributed by atoms with van der Waals surface area (Å²) in [7, 11) is 0. The van der Waals surface area contributed by atoms with E-state index in [1.54, 1.807) is 0 Å². The van der Waals surface area contributed by atoms with Crippen LogP contribution in [0.15, 0.2) is 48.7 Å². The maximum absolute atomic E-state index is 4.30. The van der Waals surface area contributed by atoms with Gasteiger partial charge in [0, 0.05) is 47.4 Å². The maximum Gasteiger partial charge on any atom is 0.0868 e. The number of piperidine rings is 1. The first kappa shape index (κ1) is 16.5. The number of nitrogens with zero attached hydrogens (tertiary/aromatic N) is 4. The van der Waals surface area contributed by atoms with Crippen molar-refractivity contribution in [2.75, 3.05) is 13.1 Å². The number of likely N-dealkylation sites (tertiary alicyclic amines) is 1. The zero-order valence-corrected chi connectivity index (χ0v) is 15.7. The number of aryl methyl sites for hydroxylation is 1. The molecule has 138 valence electrons. The van der Waals surface area contributed by atoms with Crippen LogP contribution in [0.5, 0.6) is 0 Å². The molecule has 5 nitrogen and oxygen atoms in total. The van der Waals surface area contributed by atoms with E-state index >= 15 is 0 Å². The fourth-order valence-corrected chi connectivity index (χ4v) is 4.65. The Morgan fingerprint density at radius 3 is 2.85 bits per heavy atom. The quantitative estimate of drug-likeness (QED) is 0.591. The number of rotatable bonds is 4. The molecule has 1 N–H and O–H groups in total. The molecule has 3 heterocycles. The Kier molecular flexibility index (Phi) is 4.17. The molecule has 0 bridgehead atoms. The number of nitrogens with one attached hydrogen (secondary N) is 1. The number of H-pyrrole nitrogens is 1. The van der Waals surface area contributed by atoms with Crippen LogP contribution in [-0.2, 0) is 13.1 Å². The van der Waals surface area contributed by atoms with E-state index in [9.17, 15) is 0 Å². The molecule has 4 aromatic rings. The lowest BCUT2D eigenvalue weighted by Gasteiger charge is -2.31. The maximum atomic E-state index is 4.30. The monoisotopic (exact) mass is 359 g/mol. The van der Waals surface area contributed by atoms with Gasteiger partial charge in [0.2, 0.25) is 0 Å². The molecular weight excluding hydrogens is 334 g/mol. The Balaban J connectivity index is 1.44. The number of aromatic amines is 1. The van der Waals surface area contributed by atoms with Crippen LogP contribution in [0.25, 0.3) is 21.8 Å². The molecule has 0 spiro atoms. The first-order chi connectivity index (χ1) is 13.3. The van der Waals surface area contributed by atoms with Crippen LogP contribution in [0, 0.1) is 0 Å². The average Bonchev–Trinajstić information content (AvgIpc) is 3.34. The van der Waals surface area contributed by atoms with Gasteiger partial charge in [-0.2, -0.15) is 15.4 Å². The standard InChI is InChI=1S/C22H25N5/c1-2-27-21-8-4-3-7-18(21)19-12-16(9-10-22(19)27)14-26-11-5-6-17(15-26)20-13-23-25-24-20/h3-4,7-10,12-13,17H,2,5-6,11,14-15H2,1H3,(H,23,24,25). The molecule has 0 saturated carbocycles. The molecular formula is C22H25N5. The van der Waals surface area contributed by atoms with E-state index in [-0.39, 0.29) is 0 Å². The summed E-state index contributed by atoms with van der Waals surface area (Å²) in [5.41, 5.74) is 5.15. The first-order valence-electron chi connectivity index (χ1n) is 9.91. The minimum Gasteiger partial charge on any atom is -0.341 e. The lowest BCUT2D eigenvalue weighted by molar-refractivity contribution is 0.198. The molecule has 0 radical (unpaired) electrons. The second-order valence-corrected chi connectivity index (χ2v) is 7.58. The summed E-state index contributed by atoms with van der Waals surface area (Å²) < 4.78 is 2.41. The van der Waals surface area contributed by atoms with Gasteiger partial charge in [0.25, 0.3) is 0 Å².